The van der Waals surface area contributed by atoms with Gasteiger partial charge in [0.1, 0.15) is 17.5 Å². The van der Waals surface area contributed by atoms with E-state index in [0.29, 0.717) is 11.4 Å². The van der Waals surface area contributed by atoms with Gasteiger partial charge in [-0.15, -0.1) is 0 Å². The summed E-state index contributed by atoms with van der Waals surface area (Å²) < 4.78 is 1.83. The predicted octanol–water partition coefficient (Wildman–Crippen LogP) is 2.58. The molecule has 2 aromatic carbocycles. The highest BCUT2D eigenvalue weighted by Gasteiger charge is 2.37. The third kappa shape index (κ3) is 2.66. The summed E-state index contributed by atoms with van der Waals surface area (Å²) in [6, 6.07) is 15.2. The molecule has 24 heavy (non-hydrogen) atoms. The maximum Gasteiger partial charge on any atom is 0.149 e. The van der Waals surface area contributed by atoms with Crippen molar-refractivity contribution in [2.75, 3.05) is 19.0 Å². The minimum absolute atomic E-state index is 0.438. The molecule has 0 bridgehead atoms. The minimum Gasteiger partial charge on any atom is -0.385 e. The smallest absolute Gasteiger partial charge is 0.149 e. The van der Waals surface area contributed by atoms with Gasteiger partial charge in [-0.2, -0.15) is 0 Å². The Morgan fingerprint density at radius 3 is 2.29 bits per heavy atom. The van der Waals surface area contributed by atoms with Gasteiger partial charge in [0.15, 0.2) is 0 Å². The van der Waals surface area contributed by atoms with Gasteiger partial charge in [-0.3, -0.25) is 0 Å². The van der Waals surface area contributed by atoms with Crippen LogP contribution in [0.4, 0.5) is 5.69 Å². The summed E-state index contributed by atoms with van der Waals surface area (Å²) >= 11 is 0. The Kier molecular flexibility index (Phi) is 4.07. The lowest BCUT2D eigenvalue weighted by atomic mass is 9.92. The molecule has 0 aliphatic carbocycles. The fraction of sp³-hybridized carbons (Fsp3) is 0.316. The lowest BCUT2D eigenvalue weighted by molar-refractivity contribution is -0.0764. The summed E-state index contributed by atoms with van der Waals surface area (Å²) in [5, 5.41) is 21.8. The lowest BCUT2D eigenvalue weighted by Crippen LogP contribution is -2.33. The largest absolute Gasteiger partial charge is 0.385 e. The van der Waals surface area contributed by atoms with E-state index < -0.39 is 11.7 Å². The number of fused-ring (bicyclic) bond motifs is 1. The van der Waals surface area contributed by atoms with Gasteiger partial charge in [0.25, 0.3) is 0 Å². The van der Waals surface area contributed by atoms with Crippen molar-refractivity contribution in [3.63, 3.8) is 0 Å². The van der Waals surface area contributed by atoms with E-state index in [9.17, 15) is 10.2 Å². The molecule has 3 rings (SSSR count). The second-order valence-electron chi connectivity index (χ2n) is 6.52. The number of anilines is 1. The first-order valence-corrected chi connectivity index (χ1v) is 7.92. The van der Waals surface area contributed by atoms with E-state index in [1.54, 1.807) is 6.92 Å². The zero-order chi connectivity index (χ0) is 17.5. The molecule has 0 saturated carbocycles. The van der Waals surface area contributed by atoms with Crippen molar-refractivity contribution in [3.05, 3.63) is 59.9 Å². The first-order chi connectivity index (χ1) is 11.3. The van der Waals surface area contributed by atoms with Gasteiger partial charge in [0.2, 0.25) is 0 Å². The normalized spacial score (nSPS) is 15.2. The molecule has 0 radical (unpaired) electrons. The Bertz CT molecular complexity index is 851. The molecular formula is C19H23N3O2. The Labute approximate surface area is 141 Å². The van der Waals surface area contributed by atoms with Crippen molar-refractivity contribution in [1.29, 1.82) is 0 Å². The topological polar surface area (TPSA) is 61.5 Å². The number of aliphatic hydroxyl groups excluding tert-OH is 1. The van der Waals surface area contributed by atoms with Gasteiger partial charge in [-0.25, -0.2) is 4.98 Å². The van der Waals surface area contributed by atoms with E-state index in [0.717, 1.165) is 16.7 Å². The molecule has 0 unspecified atom stereocenters. The first-order valence-electron chi connectivity index (χ1n) is 7.92. The Morgan fingerprint density at radius 2 is 1.71 bits per heavy atom. The molecule has 5 nitrogen and oxygen atoms in total. The Hall–Kier alpha value is -2.37. The third-order valence-corrected chi connectivity index (χ3v) is 4.50. The molecule has 2 N–H and O–H groups in total. The van der Waals surface area contributed by atoms with Gasteiger partial charge in [-0.05, 0) is 36.8 Å². The van der Waals surface area contributed by atoms with Crippen LogP contribution in [-0.4, -0.2) is 33.9 Å². The van der Waals surface area contributed by atoms with Crippen LogP contribution in [0, 0.1) is 0 Å². The summed E-state index contributed by atoms with van der Waals surface area (Å²) in [5.41, 5.74) is 1.90. The van der Waals surface area contributed by atoms with E-state index in [1.807, 2.05) is 79.1 Å². The highest BCUT2D eigenvalue weighted by molar-refractivity contribution is 5.76. The molecule has 0 amide bonds. The summed E-state index contributed by atoms with van der Waals surface area (Å²) in [7, 11) is 5.77. The number of hydrogen-bond acceptors (Lipinski definition) is 4. The van der Waals surface area contributed by atoms with Crippen LogP contribution in [0.3, 0.4) is 0 Å². The molecule has 0 spiro atoms. The molecule has 0 fully saturated rings. The zero-order valence-electron chi connectivity index (χ0n) is 14.4. The van der Waals surface area contributed by atoms with Crippen LogP contribution < -0.4 is 4.90 Å². The lowest BCUT2D eigenvalue weighted by Gasteiger charge is -2.29. The second-order valence-corrected chi connectivity index (χ2v) is 6.52. The standard InChI is InChI=1S/C19H23N3O2/c1-19(24,17(23)13-9-11-14(12-10-13)21(2)3)18-20-15-7-5-6-8-16(15)22(18)4/h5-12,17,23-24H,1-4H3/t17-,19+/m1/s1. The minimum atomic E-state index is -1.51. The molecule has 1 aromatic heterocycles. The van der Waals surface area contributed by atoms with E-state index in [-0.39, 0.29) is 0 Å². The van der Waals surface area contributed by atoms with Gasteiger partial charge in [-0.1, -0.05) is 24.3 Å². The van der Waals surface area contributed by atoms with Crippen LogP contribution in [0.1, 0.15) is 24.4 Å². The highest BCUT2D eigenvalue weighted by atomic mass is 16.3. The van der Waals surface area contributed by atoms with Crippen molar-refractivity contribution < 1.29 is 10.2 Å². The van der Waals surface area contributed by atoms with Crippen LogP contribution in [0.15, 0.2) is 48.5 Å². The second kappa shape index (κ2) is 5.92. The van der Waals surface area contributed by atoms with E-state index >= 15 is 0 Å². The number of benzene rings is 2. The van der Waals surface area contributed by atoms with Gasteiger partial charge >= 0.3 is 0 Å². The number of imidazole rings is 1. The van der Waals surface area contributed by atoms with Gasteiger partial charge in [0, 0.05) is 26.8 Å². The number of hydrogen-bond donors (Lipinski definition) is 2. The van der Waals surface area contributed by atoms with Gasteiger partial charge in [0.05, 0.1) is 11.0 Å². The number of aliphatic hydroxyl groups is 2. The Balaban J connectivity index is 2.00. The average Bonchev–Trinajstić information content (AvgIpc) is 2.92. The summed E-state index contributed by atoms with van der Waals surface area (Å²) in [5.74, 6) is 0.438. The predicted molar refractivity (Wildman–Crippen MR) is 96.0 cm³/mol. The average molecular weight is 325 g/mol. The van der Waals surface area contributed by atoms with Crippen molar-refractivity contribution >= 4 is 16.7 Å². The first kappa shape index (κ1) is 16.5. The van der Waals surface area contributed by atoms with Crippen LogP contribution in [-0.2, 0) is 12.6 Å². The maximum absolute atomic E-state index is 11.0. The number of rotatable bonds is 4. The SMILES string of the molecule is CN(C)c1ccc([C@@H](O)[C@](C)(O)c2nc3ccccc3n2C)cc1. The highest BCUT2D eigenvalue weighted by Crippen LogP contribution is 2.35. The zero-order valence-corrected chi connectivity index (χ0v) is 14.4. The quantitative estimate of drug-likeness (QED) is 0.774. The number of aryl methyl sites for hydroxylation is 1. The van der Waals surface area contributed by atoms with Gasteiger partial charge < -0.3 is 19.7 Å². The molecule has 1 heterocycles. The maximum atomic E-state index is 11.0. The fourth-order valence-electron chi connectivity index (χ4n) is 3.00. The van der Waals surface area contributed by atoms with E-state index in [4.69, 9.17) is 0 Å². The number of aromatic nitrogens is 2. The van der Waals surface area contributed by atoms with Crippen LogP contribution >= 0.6 is 0 Å². The number of para-hydroxylation sites is 2. The van der Waals surface area contributed by atoms with Crippen LogP contribution in [0.25, 0.3) is 11.0 Å². The van der Waals surface area contributed by atoms with Crippen molar-refractivity contribution in [2.24, 2.45) is 7.05 Å². The molecule has 126 valence electrons. The fourth-order valence-corrected chi connectivity index (χ4v) is 3.00. The number of nitrogens with zero attached hydrogens (tertiary/aromatic N) is 3. The van der Waals surface area contributed by atoms with E-state index in [1.165, 1.54) is 0 Å². The van der Waals surface area contributed by atoms with Crippen LogP contribution in [0.5, 0.6) is 0 Å². The molecule has 3 aromatic rings. The molecule has 5 heteroatoms. The van der Waals surface area contributed by atoms with Crippen molar-refractivity contribution in [1.82, 2.24) is 9.55 Å². The molecule has 0 aliphatic heterocycles. The van der Waals surface area contributed by atoms with Crippen molar-refractivity contribution in [3.8, 4) is 0 Å². The third-order valence-electron chi connectivity index (χ3n) is 4.50. The monoisotopic (exact) mass is 325 g/mol. The molecule has 2 atom stereocenters. The molecular weight excluding hydrogens is 302 g/mol. The summed E-state index contributed by atoms with van der Waals surface area (Å²) in [4.78, 5) is 6.51. The Morgan fingerprint density at radius 1 is 1.08 bits per heavy atom. The van der Waals surface area contributed by atoms with Crippen molar-refractivity contribution in [2.45, 2.75) is 18.6 Å². The van der Waals surface area contributed by atoms with Crippen LogP contribution in [0.2, 0.25) is 0 Å². The molecule has 0 aliphatic rings. The summed E-state index contributed by atoms with van der Waals surface area (Å²) in [6.07, 6.45) is -1.08. The summed E-state index contributed by atoms with van der Waals surface area (Å²) in [6.45, 7) is 1.60. The molecule has 0 saturated heterocycles. The van der Waals surface area contributed by atoms with E-state index in [2.05, 4.69) is 4.98 Å².